The highest BCUT2D eigenvalue weighted by Crippen LogP contribution is 2.36. The maximum absolute atomic E-state index is 11.8. The molecule has 2 heterocycles. The van der Waals surface area contributed by atoms with Crippen LogP contribution in [-0.2, 0) is 4.74 Å². The molecule has 0 aliphatic carbocycles. The van der Waals surface area contributed by atoms with Crippen LogP contribution in [0.4, 0.5) is 0 Å². The zero-order valence-corrected chi connectivity index (χ0v) is 12.4. The molecule has 0 aliphatic heterocycles. The number of halogens is 1. The Hall–Kier alpha value is -2.02. The van der Waals surface area contributed by atoms with Gasteiger partial charge in [0.05, 0.1) is 18.2 Å². The first-order valence-corrected chi connectivity index (χ1v) is 6.76. The second-order valence-corrected chi connectivity index (χ2v) is 4.94. The number of nitrogens with one attached hydrogen (secondary N) is 1. The molecule has 1 N–H and O–H groups in total. The normalized spacial score (nSPS) is 11.2. The van der Waals surface area contributed by atoms with Gasteiger partial charge in [-0.1, -0.05) is 0 Å². The van der Waals surface area contributed by atoms with E-state index in [2.05, 4.69) is 26.1 Å². The number of H-pyrrole nitrogens is 1. The molecule has 0 saturated carbocycles. The molecule has 1 aromatic carbocycles. The zero-order valence-electron chi connectivity index (χ0n) is 10.8. The molecule has 6 nitrogen and oxygen atoms in total. The van der Waals surface area contributed by atoms with Crippen molar-refractivity contribution >= 4 is 44.0 Å². The van der Waals surface area contributed by atoms with Crippen molar-refractivity contribution in [2.75, 3.05) is 13.7 Å². The summed E-state index contributed by atoms with van der Waals surface area (Å²) < 4.78 is 16.6. The Morgan fingerprint density at radius 3 is 3.00 bits per heavy atom. The number of hydrogen-bond acceptors (Lipinski definition) is 5. The minimum atomic E-state index is -0.510. The predicted octanol–water partition coefficient (Wildman–Crippen LogP) is 3.26. The third kappa shape index (κ3) is 1.85. The number of carbonyl (C=O) groups is 1. The van der Waals surface area contributed by atoms with Crippen LogP contribution in [0.5, 0.6) is 5.75 Å². The molecule has 0 unspecified atom stereocenters. The van der Waals surface area contributed by atoms with Gasteiger partial charge >= 0.3 is 5.97 Å². The highest BCUT2D eigenvalue weighted by Gasteiger charge is 2.21. The SMILES string of the molecule is CCOC(=O)c1n[nH]c2c1oc1cc(OC)c(Br)cc12. The molecule has 7 heteroatoms. The van der Waals surface area contributed by atoms with Crippen LogP contribution in [0, 0.1) is 0 Å². The van der Waals surface area contributed by atoms with E-state index in [1.807, 2.05) is 6.07 Å². The number of carbonyl (C=O) groups excluding carboxylic acids is 1. The summed E-state index contributed by atoms with van der Waals surface area (Å²) in [7, 11) is 1.58. The molecule has 0 radical (unpaired) electrons. The van der Waals surface area contributed by atoms with Gasteiger partial charge in [-0.25, -0.2) is 4.79 Å². The van der Waals surface area contributed by atoms with Crippen LogP contribution >= 0.6 is 15.9 Å². The number of benzene rings is 1. The van der Waals surface area contributed by atoms with Gasteiger partial charge < -0.3 is 13.9 Å². The Labute approximate surface area is 122 Å². The van der Waals surface area contributed by atoms with Gasteiger partial charge in [-0.2, -0.15) is 5.10 Å². The molecule has 0 amide bonds. The molecule has 3 aromatic rings. The first-order valence-electron chi connectivity index (χ1n) is 5.97. The average molecular weight is 339 g/mol. The number of aromatic nitrogens is 2. The highest BCUT2D eigenvalue weighted by molar-refractivity contribution is 9.10. The largest absolute Gasteiger partial charge is 0.495 e. The quantitative estimate of drug-likeness (QED) is 0.741. The monoisotopic (exact) mass is 338 g/mol. The summed E-state index contributed by atoms with van der Waals surface area (Å²) in [5.41, 5.74) is 1.80. The number of methoxy groups -OCH3 is 1. The van der Waals surface area contributed by atoms with Crippen molar-refractivity contribution in [3.8, 4) is 5.75 Å². The molecule has 104 valence electrons. The summed E-state index contributed by atoms with van der Waals surface area (Å²) in [6, 6.07) is 3.61. The fourth-order valence-electron chi connectivity index (χ4n) is 2.03. The topological polar surface area (TPSA) is 77.4 Å². The molecular formula is C13H11BrN2O4. The van der Waals surface area contributed by atoms with E-state index >= 15 is 0 Å². The molecule has 3 rings (SSSR count). The highest BCUT2D eigenvalue weighted by atomic mass is 79.9. The van der Waals surface area contributed by atoms with E-state index in [9.17, 15) is 4.79 Å². The number of hydrogen-bond donors (Lipinski definition) is 1. The number of rotatable bonds is 3. The summed E-state index contributed by atoms with van der Waals surface area (Å²) in [5.74, 6) is 0.142. The number of nitrogens with zero attached hydrogens (tertiary/aromatic N) is 1. The van der Waals surface area contributed by atoms with Crippen LogP contribution in [0.1, 0.15) is 17.4 Å². The maximum atomic E-state index is 11.8. The molecule has 0 aliphatic rings. The minimum absolute atomic E-state index is 0.146. The second-order valence-electron chi connectivity index (χ2n) is 4.08. The fourth-order valence-corrected chi connectivity index (χ4v) is 2.54. The Morgan fingerprint density at radius 1 is 1.50 bits per heavy atom. The third-order valence-corrected chi connectivity index (χ3v) is 3.55. The lowest BCUT2D eigenvalue weighted by atomic mass is 10.2. The van der Waals surface area contributed by atoms with Gasteiger partial charge in [-0.15, -0.1) is 0 Å². The van der Waals surface area contributed by atoms with Crippen molar-refractivity contribution in [1.82, 2.24) is 10.2 Å². The zero-order chi connectivity index (χ0) is 14.3. The molecule has 0 fully saturated rings. The van der Waals surface area contributed by atoms with E-state index in [-0.39, 0.29) is 12.3 Å². The summed E-state index contributed by atoms with van der Waals surface area (Å²) in [6.45, 7) is 2.02. The van der Waals surface area contributed by atoms with Gasteiger partial charge in [-0.3, -0.25) is 5.10 Å². The van der Waals surface area contributed by atoms with Crippen molar-refractivity contribution in [3.05, 3.63) is 22.3 Å². The van der Waals surface area contributed by atoms with Gasteiger partial charge in [0.25, 0.3) is 0 Å². The number of esters is 1. The molecule has 0 spiro atoms. The Morgan fingerprint density at radius 2 is 2.30 bits per heavy atom. The van der Waals surface area contributed by atoms with Crippen LogP contribution in [-0.4, -0.2) is 29.9 Å². The van der Waals surface area contributed by atoms with Crippen LogP contribution in [0.3, 0.4) is 0 Å². The van der Waals surface area contributed by atoms with Crippen LogP contribution in [0.15, 0.2) is 21.0 Å². The van der Waals surface area contributed by atoms with Crippen molar-refractivity contribution in [2.45, 2.75) is 6.92 Å². The molecular weight excluding hydrogens is 328 g/mol. The predicted molar refractivity (Wildman–Crippen MR) is 76.1 cm³/mol. The van der Waals surface area contributed by atoms with E-state index in [1.54, 1.807) is 20.1 Å². The molecule has 0 atom stereocenters. The van der Waals surface area contributed by atoms with E-state index in [1.165, 1.54) is 0 Å². The first kappa shape index (κ1) is 13.0. The van der Waals surface area contributed by atoms with Crippen molar-refractivity contribution < 1.29 is 18.7 Å². The molecule has 0 bridgehead atoms. The van der Waals surface area contributed by atoms with Crippen LogP contribution < -0.4 is 4.74 Å². The number of fused-ring (bicyclic) bond motifs is 3. The maximum Gasteiger partial charge on any atom is 0.362 e. The van der Waals surface area contributed by atoms with E-state index in [4.69, 9.17) is 13.9 Å². The Bertz CT molecular complexity index is 806. The molecule has 20 heavy (non-hydrogen) atoms. The third-order valence-electron chi connectivity index (χ3n) is 2.93. The second kappa shape index (κ2) is 4.82. The van der Waals surface area contributed by atoms with Crippen LogP contribution in [0.25, 0.3) is 22.1 Å². The summed E-state index contributed by atoms with van der Waals surface area (Å²) >= 11 is 3.42. The average Bonchev–Trinajstić information content (AvgIpc) is 2.97. The number of aromatic amines is 1. The smallest absolute Gasteiger partial charge is 0.362 e. The lowest BCUT2D eigenvalue weighted by molar-refractivity contribution is 0.0520. The molecule has 0 saturated heterocycles. The first-order chi connectivity index (χ1) is 9.65. The van der Waals surface area contributed by atoms with E-state index in [0.717, 1.165) is 9.86 Å². The number of furan rings is 1. The lowest BCUT2D eigenvalue weighted by Crippen LogP contribution is -2.05. The van der Waals surface area contributed by atoms with Gasteiger partial charge in [0.15, 0.2) is 5.58 Å². The summed E-state index contributed by atoms with van der Waals surface area (Å²) in [5, 5.41) is 7.58. The summed E-state index contributed by atoms with van der Waals surface area (Å²) in [6.07, 6.45) is 0. The van der Waals surface area contributed by atoms with Crippen molar-refractivity contribution in [1.29, 1.82) is 0 Å². The molecule has 2 aromatic heterocycles. The van der Waals surface area contributed by atoms with Crippen molar-refractivity contribution in [3.63, 3.8) is 0 Å². The lowest BCUT2D eigenvalue weighted by Gasteiger charge is -2.01. The van der Waals surface area contributed by atoms with Gasteiger partial charge in [0.2, 0.25) is 5.69 Å². The van der Waals surface area contributed by atoms with E-state index in [0.29, 0.717) is 22.4 Å². The van der Waals surface area contributed by atoms with Crippen LogP contribution in [0.2, 0.25) is 0 Å². The van der Waals surface area contributed by atoms with Gasteiger partial charge in [0.1, 0.15) is 16.8 Å². The van der Waals surface area contributed by atoms with Gasteiger partial charge in [0, 0.05) is 11.5 Å². The Kier molecular flexibility index (Phi) is 3.13. The Balaban J connectivity index is 2.24. The minimum Gasteiger partial charge on any atom is -0.495 e. The fraction of sp³-hybridized carbons (Fsp3) is 0.231. The summed E-state index contributed by atoms with van der Waals surface area (Å²) in [4.78, 5) is 11.8. The van der Waals surface area contributed by atoms with E-state index < -0.39 is 5.97 Å². The van der Waals surface area contributed by atoms with Crippen molar-refractivity contribution in [2.24, 2.45) is 0 Å². The van der Waals surface area contributed by atoms with Gasteiger partial charge in [-0.05, 0) is 28.9 Å². The number of ether oxygens (including phenoxy) is 2. The standard InChI is InChI=1S/C13H11BrN2O4/c1-3-19-13(17)11-12-10(15-16-11)6-4-7(14)9(18-2)5-8(6)20-12/h4-5H,3H2,1-2H3,(H,15,16).